The number of carboxylic acid groups (broad SMARTS) is 2. The first-order chi connectivity index (χ1) is 12.2. The molecule has 2 atom stereocenters. The summed E-state index contributed by atoms with van der Waals surface area (Å²) in [6.45, 7) is 3.88. The number of nitrogens with two attached hydrogens (primary N) is 1. The molecule has 0 aromatic heterocycles. The lowest BCUT2D eigenvalue weighted by molar-refractivity contribution is -0.138. The van der Waals surface area contributed by atoms with Gasteiger partial charge in [-0.3, -0.25) is 9.59 Å². The van der Waals surface area contributed by atoms with Crippen molar-refractivity contribution in [1.29, 1.82) is 0 Å². The fourth-order valence-corrected chi connectivity index (χ4v) is 2.76. The number of carbonyl (C=O) groups excluding carboxylic acids is 1. The molecule has 1 saturated carbocycles. The summed E-state index contributed by atoms with van der Waals surface area (Å²) < 4.78 is 22.6. The summed E-state index contributed by atoms with van der Waals surface area (Å²) in [6.07, 6.45) is 3.46. The van der Waals surface area contributed by atoms with Gasteiger partial charge in [-0.25, -0.2) is 4.79 Å². The first-order valence-electron chi connectivity index (χ1n) is 9.13. The first kappa shape index (κ1) is 16.0. The van der Waals surface area contributed by atoms with E-state index in [2.05, 4.69) is 5.32 Å². The second kappa shape index (κ2) is 9.08. The number of carbonyl (C=O) groups is 3. The monoisotopic (exact) mass is 362 g/mol. The number of rotatable bonds is 11. The van der Waals surface area contributed by atoms with Crippen LogP contribution >= 0.6 is 11.8 Å². The van der Waals surface area contributed by atoms with Crippen LogP contribution in [0.25, 0.3) is 0 Å². The number of nitrogens with one attached hydrogen (secondary N) is 1. The zero-order valence-electron chi connectivity index (χ0n) is 16.8. The molecule has 0 radical (unpaired) electrons. The number of unbranched alkanes of at least 4 members (excludes halogenated alkanes) is 2. The SMILES string of the molecule is [2H]C([2H])(SCCCC/C=C(/NC(=O)[C@H]1CC1(C)C)C(=O)O)C([2H])([15NH2])C(=O)O. The number of allylic oxidation sites excluding steroid dienone is 1. The summed E-state index contributed by atoms with van der Waals surface area (Å²) >= 11 is 0.635. The molecule has 7 nitrogen and oxygen atoms in total. The van der Waals surface area contributed by atoms with Crippen LogP contribution in [-0.2, 0) is 14.4 Å². The van der Waals surface area contributed by atoms with Crippen LogP contribution < -0.4 is 11.1 Å². The summed E-state index contributed by atoms with van der Waals surface area (Å²) in [5.41, 5.74) is 2.46. The van der Waals surface area contributed by atoms with E-state index in [1.165, 1.54) is 6.08 Å². The Morgan fingerprint density at radius 1 is 1.46 bits per heavy atom. The van der Waals surface area contributed by atoms with Gasteiger partial charge in [0, 0.05) is 14.4 Å². The van der Waals surface area contributed by atoms with Crippen molar-refractivity contribution in [3.63, 3.8) is 0 Å². The predicted octanol–water partition coefficient (Wildman–Crippen LogP) is 1.43. The van der Waals surface area contributed by atoms with Gasteiger partial charge < -0.3 is 21.3 Å². The van der Waals surface area contributed by atoms with Gasteiger partial charge >= 0.3 is 11.9 Å². The van der Waals surface area contributed by atoms with E-state index in [9.17, 15) is 19.5 Å². The van der Waals surface area contributed by atoms with Crippen LogP contribution in [-0.4, -0.2) is 45.5 Å². The molecule has 0 bridgehead atoms. The van der Waals surface area contributed by atoms with Gasteiger partial charge in [0.1, 0.15) is 11.7 Å². The Bertz CT molecular complexity index is 638. The number of aliphatic carboxylic acids is 2. The van der Waals surface area contributed by atoms with Crippen LogP contribution in [0.5, 0.6) is 0 Å². The molecule has 0 aliphatic heterocycles. The van der Waals surface area contributed by atoms with Gasteiger partial charge in [-0.2, -0.15) is 11.8 Å². The molecule has 0 saturated heterocycles. The van der Waals surface area contributed by atoms with E-state index in [0.717, 1.165) is 6.42 Å². The van der Waals surface area contributed by atoms with Gasteiger partial charge in [0.05, 0.1) is 1.37 Å². The number of amides is 1. The summed E-state index contributed by atoms with van der Waals surface area (Å²) in [5.74, 6) is -3.24. The normalized spacial score (nSPS) is 24.0. The van der Waals surface area contributed by atoms with Crippen LogP contribution in [0.3, 0.4) is 0 Å². The van der Waals surface area contributed by atoms with Crippen LogP contribution in [0.4, 0.5) is 0 Å². The smallest absolute Gasteiger partial charge is 0.352 e. The van der Waals surface area contributed by atoms with Crippen molar-refractivity contribution < 1.29 is 28.7 Å². The second-order valence-corrected chi connectivity index (χ2v) is 7.22. The van der Waals surface area contributed by atoms with Crippen LogP contribution in [0.1, 0.15) is 43.6 Å². The van der Waals surface area contributed by atoms with E-state index < -0.39 is 23.7 Å². The third-order valence-electron chi connectivity index (χ3n) is 3.78. The Kier molecular flexibility index (Phi) is 6.03. The van der Waals surface area contributed by atoms with E-state index >= 15 is 0 Å². The lowest BCUT2D eigenvalue weighted by atomic mass is 10.1. The summed E-state index contributed by atoms with van der Waals surface area (Å²) in [6, 6.07) is -2.76. The summed E-state index contributed by atoms with van der Waals surface area (Å²) in [4.78, 5) is 34.1. The topological polar surface area (TPSA) is 130 Å². The standard InChI is InChI=1S/C16H26N2O5S/c1-16(2)8-10(16)13(19)18-12(15(22)23)6-4-3-5-7-24-9-11(17)14(20)21/h6,10-11H,3-5,7-9,17H2,1-2H3,(H,18,19)(H,20,21)(H,22,23)/b12-6+/t10-,11?/m1/s1/i9D2,11D,17+1. The maximum Gasteiger partial charge on any atom is 0.352 e. The molecule has 5 N–H and O–H groups in total. The van der Waals surface area contributed by atoms with Gasteiger partial charge in [0.2, 0.25) is 5.91 Å². The van der Waals surface area contributed by atoms with Crippen molar-refractivity contribution in [1.82, 2.24) is 5.32 Å². The third kappa shape index (κ3) is 6.92. The fourth-order valence-electron chi connectivity index (χ4n) is 2.06. The van der Waals surface area contributed by atoms with Gasteiger partial charge in [0.15, 0.2) is 0 Å². The quantitative estimate of drug-likeness (QED) is 0.248. The molecule has 1 aliphatic rings. The number of hydrogen-bond donors (Lipinski definition) is 4. The molecule has 8 heteroatoms. The lowest BCUT2D eigenvalue weighted by Gasteiger charge is -2.08. The highest BCUT2D eigenvalue weighted by molar-refractivity contribution is 7.99. The Morgan fingerprint density at radius 2 is 2.08 bits per heavy atom. The van der Waals surface area contributed by atoms with Crippen molar-refractivity contribution >= 4 is 29.6 Å². The van der Waals surface area contributed by atoms with Crippen molar-refractivity contribution in [2.75, 3.05) is 11.5 Å². The van der Waals surface area contributed by atoms with Gasteiger partial charge in [-0.1, -0.05) is 19.9 Å². The van der Waals surface area contributed by atoms with E-state index in [1.807, 2.05) is 13.8 Å². The molecule has 136 valence electrons. The van der Waals surface area contributed by atoms with Crippen molar-refractivity contribution in [2.24, 2.45) is 17.1 Å². The van der Waals surface area contributed by atoms with Gasteiger partial charge in [0.25, 0.3) is 0 Å². The molecule has 0 aromatic rings. The summed E-state index contributed by atoms with van der Waals surface area (Å²) in [7, 11) is 0. The molecule has 1 rings (SSSR count). The molecular weight excluding hydrogens is 333 g/mol. The maximum absolute atomic E-state index is 12.0. The van der Waals surface area contributed by atoms with E-state index in [4.69, 9.17) is 15.0 Å². The largest absolute Gasteiger partial charge is 0.480 e. The van der Waals surface area contributed by atoms with Gasteiger partial charge in [-0.05, 0) is 36.9 Å². The molecule has 0 spiro atoms. The first-order valence-corrected chi connectivity index (χ1v) is 8.61. The van der Waals surface area contributed by atoms with Crippen molar-refractivity contribution in [2.45, 2.75) is 45.5 Å². The van der Waals surface area contributed by atoms with E-state index in [0.29, 0.717) is 31.0 Å². The average Bonchev–Trinajstić information content (AvgIpc) is 3.17. The Labute approximate surface area is 150 Å². The molecule has 24 heavy (non-hydrogen) atoms. The molecular formula is C16H26N2O5S. The third-order valence-corrected chi connectivity index (χ3v) is 4.64. The highest BCUT2D eigenvalue weighted by Crippen LogP contribution is 2.51. The van der Waals surface area contributed by atoms with Gasteiger partial charge in [-0.15, -0.1) is 0 Å². The Hall–Kier alpha value is -1.54. The summed E-state index contributed by atoms with van der Waals surface area (Å²) in [5, 5.41) is 20.4. The zero-order chi connectivity index (χ0) is 21.0. The fraction of sp³-hybridized carbons (Fsp3) is 0.688. The van der Waals surface area contributed by atoms with Crippen LogP contribution in [0.15, 0.2) is 11.8 Å². The minimum atomic E-state index is -2.76. The number of hydrogen-bond acceptors (Lipinski definition) is 5. The number of carboxylic acids is 2. The van der Waals surface area contributed by atoms with E-state index in [1.54, 1.807) is 0 Å². The Balaban J connectivity index is 2.42. The minimum absolute atomic E-state index is 0.101. The van der Waals surface area contributed by atoms with Crippen molar-refractivity contribution in [3.05, 3.63) is 11.8 Å². The van der Waals surface area contributed by atoms with Crippen molar-refractivity contribution in [3.8, 4) is 0 Å². The van der Waals surface area contributed by atoms with E-state index in [-0.39, 0.29) is 28.7 Å². The molecule has 0 aromatic carbocycles. The predicted molar refractivity (Wildman–Crippen MR) is 92.5 cm³/mol. The highest BCUT2D eigenvalue weighted by Gasteiger charge is 2.50. The lowest BCUT2D eigenvalue weighted by Crippen LogP contribution is -2.32. The zero-order valence-corrected chi connectivity index (χ0v) is 14.6. The Morgan fingerprint density at radius 3 is 2.58 bits per heavy atom. The average molecular weight is 362 g/mol. The molecule has 1 unspecified atom stereocenters. The highest BCUT2D eigenvalue weighted by atomic mass is 32.2. The second-order valence-electron chi connectivity index (χ2n) is 6.32. The minimum Gasteiger partial charge on any atom is -0.480 e. The number of thioether (sulfide) groups is 1. The molecule has 1 amide bonds. The molecule has 0 heterocycles. The maximum atomic E-state index is 12.0. The molecule has 1 aliphatic carbocycles. The molecule has 1 fully saturated rings. The van der Waals surface area contributed by atoms with Crippen LogP contribution in [0.2, 0.25) is 0 Å². The van der Waals surface area contributed by atoms with Crippen LogP contribution in [0, 0.1) is 11.3 Å².